The van der Waals surface area contributed by atoms with Gasteiger partial charge in [0.15, 0.2) is 0 Å². The maximum absolute atomic E-state index is 11.3. The first-order valence-corrected chi connectivity index (χ1v) is 6.77. The summed E-state index contributed by atoms with van der Waals surface area (Å²) in [4.78, 5) is 11.3. The fourth-order valence-electron chi connectivity index (χ4n) is 2.32. The molecule has 0 aromatic carbocycles. The molecule has 0 amide bonds. The van der Waals surface area contributed by atoms with Crippen molar-refractivity contribution in [2.45, 2.75) is 59.2 Å². The smallest absolute Gasteiger partial charge is 0.333 e. The Kier molecular flexibility index (Phi) is 7.30. The molecular weight excluding hydrogens is 244 g/mol. The molecule has 4 nitrogen and oxygen atoms in total. The van der Waals surface area contributed by atoms with Crippen LogP contribution in [0.2, 0.25) is 0 Å². The largest absolute Gasteiger partial charge is 0.466 e. The molecule has 0 bridgehead atoms. The van der Waals surface area contributed by atoms with E-state index in [1.165, 1.54) is 7.11 Å². The molecule has 0 heterocycles. The number of methoxy groups -OCH3 is 1. The van der Waals surface area contributed by atoms with Gasteiger partial charge >= 0.3 is 5.97 Å². The number of esters is 1. The van der Waals surface area contributed by atoms with E-state index in [0.717, 1.165) is 6.42 Å². The topological polar surface area (TPSA) is 66.8 Å². The van der Waals surface area contributed by atoms with Crippen LogP contribution < -0.4 is 0 Å². The Morgan fingerprint density at radius 2 is 1.89 bits per heavy atom. The third-order valence-electron chi connectivity index (χ3n) is 3.48. The minimum atomic E-state index is -1.07. The molecule has 0 aliphatic carbocycles. The number of carbonyl (C=O) groups is 1. The summed E-state index contributed by atoms with van der Waals surface area (Å²) in [6, 6.07) is 0. The Morgan fingerprint density at radius 3 is 2.32 bits per heavy atom. The van der Waals surface area contributed by atoms with Crippen LogP contribution in [0.4, 0.5) is 0 Å². The van der Waals surface area contributed by atoms with E-state index in [-0.39, 0.29) is 17.8 Å². The second-order valence-electron chi connectivity index (χ2n) is 5.90. The summed E-state index contributed by atoms with van der Waals surface area (Å²) in [5.74, 6) is 0.163. The van der Waals surface area contributed by atoms with Gasteiger partial charge in [-0.15, -0.1) is 0 Å². The Bertz CT molecular complexity index is 318. The van der Waals surface area contributed by atoms with Gasteiger partial charge in [0.1, 0.15) is 0 Å². The molecule has 4 atom stereocenters. The third kappa shape index (κ3) is 6.73. The lowest BCUT2D eigenvalue weighted by molar-refractivity contribution is -0.136. The van der Waals surface area contributed by atoms with Crippen LogP contribution in [-0.4, -0.2) is 35.0 Å². The van der Waals surface area contributed by atoms with Crippen molar-refractivity contribution in [2.75, 3.05) is 7.11 Å². The molecular formula is C15H28O4. The molecule has 0 rings (SSSR count). The molecule has 0 unspecified atom stereocenters. The zero-order valence-electron chi connectivity index (χ0n) is 12.9. The van der Waals surface area contributed by atoms with Gasteiger partial charge in [-0.05, 0) is 45.4 Å². The molecule has 0 fully saturated rings. The normalized spacial score (nSPS) is 20.3. The van der Waals surface area contributed by atoms with Crippen molar-refractivity contribution in [2.24, 2.45) is 11.8 Å². The van der Waals surface area contributed by atoms with Crippen LogP contribution in [0.5, 0.6) is 0 Å². The van der Waals surface area contributed by atoms with E-state index >= 15 is 0 Å². The monoisotopic (exact) mass is 272 g/mol. The van der Waals surface area contributed by atoms with E-state index < -0.39 is 11.7 Å². The van der Waals surface area contributed by atoms with Crippen molar-refractivity contribution in [1.29, 1.82) is 0 Å². The SMILES string of the molecule is COC(=O)C(C)=C[C@H](C)C[C@H](C)C[C@@](C)(O)[C@H](C)O. The van der Waals surface area contributed by atoms with Crippen molar-refractivity contribution < 1.29 is 19.7 Å². The minimum absolute atomic E-state index is 0.221. The van der Waals surface area contributed by atoms with Crippen molar-refractivity contribution in [3.8, 4) is 0 Å². The van der Waals surface area contributed by atoms with Gasteiger partial charge in [0.25, 0.3) is 0 Å². The first-order chi connectivity index (χ1) is 8.60. The molecule has 19 heavy (non-hydrogen) atoms. The zero-order chi connectivity index (χ0) is 15.2. The number of rotatable bonds is 7. The molecule has 0 saturated heterocycles. The number of carbonyl (C=O) groups excluding carboxylic acids is 1. The van der Waals surface area contributed by atoms with Crippen molar-refractivity contribution in [3.05, 3.63) is 11.6 Å². The molecule has 0 saturated carbocycles. The summed E-state index contributed by atoms with van der Waals surface area (Å²) in [5.41, 5.74) is -0.468. The number of aliphatic hydroxyl groups excluding tert-OH is 1. The summed E-state index contributed by atoms with van der Waals surface area (Å²) in [6.45, 7) is 9.04. The third-order valence-corrected chi connectivity index (χ3v) is 3.48. The van der Waals surface area contributed by atoms with Crippen LogP contribution in [0.15, 0.2) is 11.6 Å². The van der Waals surface area contributed by atoms with Gasteiger partial charge in [-0.25, -0.2) is 4.79 Å². The van der Waals surface area contributed by atoms with E-state index in [0.29, 0.717) is 12.0 Å². The fourth-order valence-corrected chi connectivity index (χ4v) is 2.32. The van der Waals surface area contributed by atoms with Crippen LogP contribution in [0, 0.1) is 11.8 Å². The maximum Gasteiger partial charge on any atom is 0.333 e. The number of hydrogen-bond acceptors (Lipinski definition) is 4. The lowest BCUT2D eigenvalue weighted by Crippen LogP contribution is -2.38. The van der Waals surface area contributed by atoms with E-state index in [1.807, 2.05) is 19.9 Å². The van der Waals surface area contributed by atoms with Gasteiger partial charge in [0, 0.05) is 5.57 Å². The Balaban J connectivity index is 4.42. The van der Waals surface area contributed by atoms with Gasteiger partial charge in [0.2, 0.25) is 0 Å². The van der Waals surface area contributed by atoms with Crippen LogP contribution in [0.3, 0.4) is 0 Å². The summed E-state index contributed by atoms with van der Waals surface area (Å²) >= 11 is 0. The van der Waals surface area contributed by atoms with Crippen LogP contribution in [0.25, 0.3) is 0 Å². The first kappa shape index (κ1) is 18.1. The highest BCUT2D eigenvalue weighted by Gasteiger charge is 2.29. The highest BCUT2D eigenvalue weighted by Crippen LogP contribution is 2.25. The summed E-state index contributed by atoms with van der Waals surface area (Å²) < 4.78 is 4.65. The highest BCUT2D eigenvalue weighted by molar-refractivity contribution is 5.87. The number of hydrogen-bond donors (Lipinski definition) is 2. The molecule has 0 aliphatic heterocycles. The van der Waals surface area contributed by atoms with Crippen molar-refractivity contribution >= 4 is 5.97 Å². The fraction of sp³-hybridized carbons (Fsp3) is 0.800. The van der Waals surface area contributed by atoms with Crippen LogP contribution in [-0.2, 0) is 9.53 Å². The van der Waals surface area contributed by atoms with E-state index in [9.17, 15) is 15.0 Å². The molecule has 112 valence electrons. The average molecular weight is 272 g/mol. The second-order valence-corrected chi connectivity index (χ2v) is 5.90. The lowest BCUT2D eigenvalue weighted by Gasteiger charge is -2.30. The molecule has 2 N–H and O–H groups in total. The lowest BCUT2D eigenvalue weighted by atomic mass is 9.84. The van der Waals surface area contributed by atoms with Gasteiger partial charge < -0.3 is 14.9 Å². The van der Waals surface area contributed by atoms with E-state index in [1.54, 1.807) is 20.8 Å². The Hall–Kier alpha value is -0.870. The maximum atomic E-state index is 11.3. The molecule has 0 aromatic heterocycles. The molecule has 0 radical (unpaired) electrons. The van der Waals surface area contributed by atoms with E-state index in [4.69, 9.17) is 0 Å². The predicted molar refractivity (Wildman–Crippen MR) is 75.6 cm³/mol. The standard InChI is InChI=1S/C15H28O4/c1-10(8-12(3)14(17)19-6)7-11(2)9-15(5,18)13(4)16/h8,10-11,13,16,18H,7,9H2,1-6H3/t10-,11+,13+,15-/m1/s1. The van der Waals surface area contributed by atoms with Gasteiger partial charge in [-0.2, -0.15) is 0 Å². The number of allylic oxidation sites excluding steroid dienone is 1. The number of ether oxygens (including phenoxy) is 1. The van der Waals surface area contributed by atoms with Crippen LogP contribution in [0.1, 0.15) is 47.5 Å². The second kappa shape index (κ2) is 7.65. The first-order valence-electron chi connectivity index (χ1n) is 6.77. The Morgan fingerprint density at radius 1 is 1.37 bits per heavy atom. The van der Waals surface area contributed by atoms with Crippen molar-refractivity contribution in [3.63, 3.8) is 0 Å². The summed E-state index contributed by atoms with van der Waals surface area (Å²) in [6.07, 6.45) is 2.51. The molecule has 0 aromatic rings. The summed E-state index contributed by atoms with van der Waals surface area (Å²) in [5, 5.41) is 19.5. The zero-order valence-corrected chi connectivity index (χ0v) is 12.9. The van der Waals surface area contributed by atoms with Crippen LogP contribution >= 0.6 is 0 Å². The van der Waals surface area contributed by atoms with E-state index in [2.05, 4.69) is 4.74 Å². The van der Waals surface area contributed by atoms with Gasteiger partial charge in [-0.3, -0.25) is 0 Å². The number of aliphatic hydroxyl groups is 2. The van der Waals surface area contributed by atoms with Gasteiger partial charge in [-0.1, -0.05) is 19.9 Å². The quantitative estimate of drug-likeness (QED) is 0.551. The average Bonchev–Trinajstić information content (AvgIpc) is 2.26. The predicted octanol–water partition coefficient (Wildman–Crippen LogP) is 2.29. The molecule has 0 spiro atoms. The summed E-state index contributed by atoms with van der Waals surface area (Å²) in [7, 11) is 1.37. The minimum Gasteiger partial charge on any atom is -0.466 e. The van der Waals surface area contributed by atoms with Gasteiger partial charge in [0.05, 0.1) is 18.8 Å². The molecule has 4 heteroatoms. The highest BCUT2D eigenvalue weighted by atomic mass is 16.5. The molecule has 0 aliphatic rings. The Labute approximate surface area is 116 Å². The van der Waals surface area contributed by atoms with Crippen molar-refractivity contribution in [1.82, 2.24) is 0 Å².